The van der Waals surface area contributed by atoms with Crippen LogP contribution in [0, 0.1) is 11.8 Å². The van der Waals surface area contributed by atoms with E-state index < -0.39 is 0 Å². The summed E-state index contributed by atoms with van der Waals surface area (Å²) >= 11 is 0. The Hall–Kier alpha value is -0.0800. The summed E-state index contributed by atoms with van der Waals surface area (Å²) in [5.41, 5.74) is 5.43. The van der Waals surface area contributed by atoms with Gasteiger partial charge in [0.05, 0.1) is 13.2 Å². The molecule has 1 rings (SSSR count). The molecule has 2 N–H and O–H groups in total. The van der Waals surface area contributed by atoms with E-state index in [2.05, 4.69) is 6.92 Å². The number of rotatable bonds is 2. The zero-order valence-corrected chi connectivity index (χ0v) is 5.26. The first kappa shape index (κ1) is 6.05. The molecule has 1 unspecified atom stereocenters. The van der Waals surface area contributed by atoms with E-state index in [0.717, 1.165) is 25.7 Å². The van der Waals surface area contributed by atoms with E-state index in [1.165, 1.54) is 0 Å². The Morgan fingerprint density at radius 2 is 2.38 bits per heavy atom. The van der Waals surface area contributed by atoms with Crippen molar-refractivity contribution in [1.82, 2.24) is 0 Å². The van der Waals surface area contributed by atoms with Gasteiger partial charge in [-0.15, -0.1) is 0 Å². The maximum Gasteiger partial charge on any atom is 0.0519 e. The van der Waals surface area contributed by atoms with Crippen molar-refractivity contribution in [3.8, 4) is 0 Å². The highest BCUT2D eigenvalue weighted by molar-refractivity contribution is 4.71. The van der Waals surface area contributed by atoms with Gasteiger partial charge in [0.1, 0.15) is 0 Å². The Morgan fingerprint density at radius 1 is 1.75 bits per heavy atom. The molecule has 2 nitrogen and oxygen atoms in total. The van der Waals surface area contributed by atoms with Gasteiger partial charge in [0, 0.05) is 5.92 Å². The molecular formula is C6H13NO. The summed E-state index contributed by atoms with van der Waals surface area (Å²) in [6.07, 6.45) is 0. The lowest BCUT2D eigenvalue weighted by molar-refractivity contribution is -0.0551. The molecule has 0 aromatic heterocycles. The second kappa shape index (κ2) is 2.46. The number of nitrogens with two attached hydrogens (primary N) is 1. The summed E-state index contributed by atoms with van der Waals surface area (Å²) in [7, 11) is 0. The maximum absolute atomic E-state index is 5.43. The molecule has 0 aromatic rings. The van der Waals surface area contributed by atoms with Gasteiger partial charge >= 0.3 is 0 Å². The Bertz CT molecular complexity index is 68.2. The van der Waals surface area contributed by atoms with Crippen LogP contribution in [0.5, 0.6) is 0 Å². The third-order valence-electron chi connectivity index (χ3n) is 1.84. The van der Waals surface area contributed by atoms with Gasteiger partial charge < -0.3 is 10.5 Å². The standard InChI is InChI=1S/C6H13NO/c1-5(2-7)6-3-8-4-6/h5-6H,2-4,7H2,1H3. The Labute approximate surface area is 50.0 Å². The number of hydrogen-bond acceptors (Lipinski definition) is 2. The van der Waals surface area contributed by atoms with Gasteiger partial charge in [0.2, 0.25) is 0 Å². The average Bonchev–Trinajstić information content (AvgIpc) is 1.62. The topological polar surface area (TPSA) is 35.2 Å². The fraction of sp³-hybridized carbons (Fsp3) is 1.00. The lowest BCUT2D eigenvalue weighted by Gasteiger charge is -2.30. The van der Waals surface area contributed by atoms with E-state index >= 15 is 0 Å². The van der Waals surface area contributed by atoms with Crippen LogP contribution >= 0.6 is 0 Å². The summed E-state index contributed by atoms with van der Waals surface area (Å²) in [5, 5.41) is 0. The summed E-state index contributed by atoms with van der Waals surface area (Å²) in [6.45, 7) is 4.83. The van der Waals surface area contributed by atoms with Crippen molar-refractivity contribution in [2.24, 2.45) is 17.6 Å². The minimum Gasteiger partial charge on any atom is -0.381 e. The summed E-state index contributed by atoms with van der Waals surface area (Å²) in [4.78, 5) is 0. The molecule has 1 heterocycles. The molecule has 0 radical (unpaired) electrons. The van der Waals surface area contributed by atoms with E-state index in [1.54, 1.807) is 0 Å². The van der Waals surface area contributed by atoms with Crippen LogP contribution in [-0.4, -0.2) is 19.8 Å². The first-order chi connectivity index (χ1) is 3.84. The van der Waals surface area contributed by atoms with E-state index in [4.69, 9.17) is 10.5 Å². The first-order valence-electron chi connectivity index (χ1n) is 3.12. The normalized spacial score (nSPS) is 24.8. The van der Waals surface area contributed by atoms with Crippen molar-refractivity contribution >= 4 is 0 Å². The van der Waals surface area contributed by atoms with Crippen LogP contribution in [0.1, 0.15) is 6.92 Å². The number of hydrogen-bond donors (Lipinski definition) is 1. The van der Waals surface area contributed by atoms with Crippen molar-refractivity contribution < 1.29 is 4.74 Å². The van der Waals surface area contributed by atoms with Crippen molar-refractivity contribution in [2.45, 2.75) is 6.92 Å². The van der Waals surface area contributed by atoms with Gasteiger partial charge in [-0.3, -0.25) is 0 Å². The zero-order valence-electron chi connectivity index (χ0n) is 5.26. The molecule has 8 heavy (non-hydrogen) atoms. The molecule has 0 aromatic carbocycles. The average molecular weight is 115 g/mol. The molecule has 1 saturated heterocycles. The molecule has 1 aliphatic heterocycles. The van der Waals surface area contributed by atoms with Crippen LogP contribution in [0.3, 0.4) is 0 Å². The minimum absolute atomic E-state index is 0.656. The largest absolute Gasteiger partial charge is 0.381 e. The molecule has 0 saturated carbocycles. The van der Waals surface area contributed by atoms with Crippen LogP contribution in [0.2, 0.25) is 0 Å². The second-order valence-corrected chi connectivity index (χ2v) is 2.51. The fourth-order valence-electron chi connectivity index (χ4n) is 0.775. The predicted molar refractivity (Wildman–Crippen MR) is 32.5 cm³/mol. The molecule has 0 aliphatic carbocycles. The third kappa shape index (κ3) is 1.01. The highest BCUT2D eigenvalue weighted by Crippen LogP contribution is 2.18. The molecule has 1 atom stereocenters. The van der Waals surface area contributed by atoms with E-state index in [0.29, 0.717) is 5.92 Å². The van der Waals surface area contributed by atoms with Crippen molar-refractivity contribution in [2.75, 3.05) is 19.8 Å². The van der Waals surface area contributed by atoms with Crippen molar-refractivity contribution in [3.05, 3.63) is 0 Å². The van der Waals surface area contributed by atoms with Crippen LogP contribution in [0.4, 0.5) is 0 Å². The minimum atomic E-state index is 0.656. The van der Waals surface area contributed by atoms with Gasteiger partial charge in [0.25, 0.3) is 0 Å². The van der Waals surface area contributed by atoms with Gasteiger partial charge in [0.15, 0.2) is 0 Å². The van der Waals surface area contributed by atoms with Gasteiger partial charge in [-0.2, -0.15) is 0 Å². The van der Waals surface area contributed by atoms with E-state index in [1.807, 2.05) is 0 Å². The van der Waals surface area contributed by atoms with Crippen LogP contribution in [0.15, 0.2) is 0 Å². The highest BCUT2D eigenvalue weighted by atomic mass is 16.5. The first-order valence-corrected chi connectivity index (χ1v) is 3.12. The SMILES string of the molecule is CC(CN)C1COC1. The summed E-state index contributed by atoms with van der Waals surface area (Å²) < 4.78 is 5.00. The van der Waals surface area contributed by atoms with Crippen molar-refractivity contribution in [1.29, 1.82) is 0 Å². The lowest BCUT2D eigenvalue weighted by Crippen LogP contribution is -2.36. The highest BCUT2D eigenvalue weighted by Gasteiger charge is 2.23. The van der Waals surface area contributed by atoms with Crippen molar-refractivity contribution in [3.63, 3.8) is 0 Å². The van der Waals surface area contributed by atoms with E-state index in [-0.39, 0.29) is 0 Å². The van der Waals surface area contributed by atoms with Gasteiger partial charge in [-0.25, -0.2) is 0 Å². The maximum atomic E-state index is 5.43. The Morgan fingerprint density at radius 3 is 2.50 bits per heavy atom. The summed E-state index contributed by atoms with van der Waals surface area (Å²) in [6, 6.07) is 0. The lowest BCUT2D eigenvalue weighted by atomic mass is 9.93. The monoisotopic (exact) mass is 115 g/mol. The zero-order chi connectivity index (χ0) is 5.98. The number of ether oxygens (including phenoxy) is 1. The van der Waals surface area contributed by atoms with Gasteiger partial charge in [-0.05, 0) is 12.5 Å². The molecule has 0 spiro atoms. The second-order valence-electron chi connectivity index (χ2n) is 2.51. The molecule has 2 heteroatoms. The van der Waals surface area contributed by atoms with E-state index in [9.17, 15) is 0 Å². The fourth-order valence-corrected chi connectivity index (χ4v) is 0.775. The molecule has 1 fully saturated rings. The molecule has 1 aliphatic rings. The van der Waals surface area contributed by atoms with Gasteiger partial charge in [-0.1, -0.05) is 6.92 Å². The molecular weight excluding hydrogens is 102 g/mol. The van der Waals surface area contributed by atoms with Crippen LogP contribution in [0.25, 0.3) is 0 Å². The third-order valence-corrected chi connectivity index (χ3v) is 1.84. The Kier molecular flexibility index (Phi) is 1.86. The smallest absolute Gasteiger partial charge is 0.0519 e. The summed E-state index contributed by atoms with van der Waals surface area (Å²) in [5.74, 6) is 1.41. The predicted octanol–water partition coefficient (Wildman–Crippen LogP) is 0.228. The molecule has 0 bridgehead atoms. The van der Waals surface area contributed by atoms with Crippen LogP contribution < -0.4 is 5.73 Å². The Balaban J connectivity index is 2.13. The molecule has 0 amide bonds. The van der Waals surface area contributed by atoms with Crippen LogP contribution in [-0.2, 0) is 4.74 Å². The molecule has 48 valence electrons. The quantitative estimate of drug-likeness (QED) is 0.559.